The Hall–Kier alpha value is -3.58. The van der Waals surface area contributed by atoms with Gasteiger partial charge in [-0.2, -0.15) is 8.42 Å². The molecule has 0 radical (unpaired) electrons. The number of nitrogens with one attached hydrogen (secondary N) is 1. The van der Waals surface area contributed by atoms with Crippen molar-refractivity contribution in [2.45, 2.75) is 19.0 Å². The van der Waals surface area contributed by atoms with E-state index in [0.29, 0.717) is 36.8 Å². The van der Waals surface area contributed by atoms with E-state index in [0.717, 1.165) is 42.2 Å². The molecule has 1 aromatic carbocycles. The Balaban J connectivity index is 0.000000848. The smallest absolute Gasteiger partial charge is 0.335 e. The van der Waals surface area contributed by atoms with Crippen LogP contribution in [0.4, 0.5) is 16.0 Å². The van der Waals surface area contributed by atoms with E-state index in [1.807, 2.05) is 17.6 Å². The monoisotopic (exact) mass is 515 g/mol. The van der Waals surface area contributed by atoms with Gasteiger partial charge in [-0.1, -0.05) is 0 Å². The predicted molar refractivity (Wildman–Crippen MR) is 130 cm³/mol. The number of benzene rings is 1. The molecule has 36 heavy (non-hydrogen) atoms. The van der Waals surface area contributed by atoms with Gasteiger partial charge in [-0.3, -0.25) is 9.20 Å². The van der Waals surface area contributed by atoms with Crippen LogP contribution in [-0.4, -0.2) is 91.4 Å². The number of halogens is 1. The molecule has 11 nitrogen and oxygen atoms in total. The molecule has 0 saturated carbocycles. The van der Waals surface area contributed by atoms with E-state index >= 15 is 0 Å². The normalized spacial score (nSPS) is 19.0. The third-order valence-electron chi connectivity index (χ3n) is 6.94. The van der Waals surface area contributed by atoms with Crippen LogP contribution >= 0.6 is 0 Å². The highest BCUT2D eigenvalue weighted by Gasteiger charge is 2.34. The molecule has 0 aliphatic carbocycles. The molecule has 1 N–H and O–H groups in total. The standard InChI is InChI=1S/C23H26FN7O2.O2S/c1-28-6-7-30-14(11-28)12-29(2)22(32)20-21-18(30)10-26-23(31(21)13-27-20)25-9-16-15-5-8-33-19(15)4-3-17(16)24;1-3-2/h3-4,10,13-14H,5-9,11-12H2,1-2H3,(H,25,26);/t14-;/m1./s1. The highest BCUT2D eigenvalue weighted by molar-refractivity contribution is 7.51. The molecule has 1 saturated heterocycles. The number of aromatic nitrogens is 3. The van der Waals surface area contributed by atoms with E-state index in [1.54, 1.807) is 17.3 Å². The Morgan fingerprint density at radius 2 is 2.00 bits per heavy atom. The van der Waals surface area contributed by atoms with Crippen molar-refractivity contribution >= 4 is 34.6 Å². The van der Waals surface area contributed by atoms with Gasteiger partial charge in [0.15, 0.2) is 5.69 Å². The van der Waals surface area contributed by atoms with Gasteiger partial charge in [-0.25, -0.2) is 14.4 Å². The molecule has 1 fully saturated rings. The lowest BCUT2D eigenvalue weighted by molar-refractivity contribution is 0.0768. The van der Waals surface area contributed by atoms with Gasteiger partial charge in [0, 0.05) is 57.3 Å². The lowest BCUT2D eigenvalue weighted by atomic mass is 10.0. The van der Waals surface area contributed by atoms with Gasteiger partial charge in [0.05, 0.1) is 24.5 Å². The number of hydrogen-bond donors (Lipinski definition) is 1. The van der Waals surface area contributed by atoms with E-state index in [1.165, 1.54) is 6.07 Å². The molecule has 2 aromatic heterocycles. The fourth-order valence-electron chi connectivity index (χ4n) is 5.23. The molecule has 0 bridgehead atoms. The number of anilines is 2. The summed E-state index contributed by atoms with van der Waals surface area (Å²) in [5.74, 6) is 0.888. The second-order valence-electron chi connectivity index (χ2n) is 9.10. The highest BCUT2D eigenvalue weighted by atomic mass is 32.1. The molecule has 190 valence electrons. The van der Waals surface area contributed by atoms with Crippen LogP contribution in [0.2, 0.25) is 0 Å². The van der Waals surface area contributed by atoms with E-state index in [2.05, 4.69) is 32.1 Å². The fourth-order valence-corrected chi connectivity index (χ4v) is 5.23. The molecule has 1 amide bonds. The quantitative estimate of drug-likeness (QED) is 0.545. The zero-order chi connectivity index (χ0) is 25.4. The summed E-state index contributed by atoms with van der Waals surface area (Å²) < 4.78 is 38.6. The molecule has 3 aliphatic rings. The number of carbonyl (C=O) groups excluding carboxylic acids is 1. The number of ether oxygens (including phenoxy) is 1. The number of carbonyl (C=O) groups is 1. The van der Waals surface area contributed by atoms with Gasteiger partial charge in [-0.05, 0) is 19.2 Å². The Morgan fingerprint density at radius 3 is 2.81 bits per heavy atom. The van der Waals surface area contributed by atoms with Gasteiger partial charge in [0.1, 0.15) is 23.4 Å². The van der Waals surface area contributed by atoms with Crippen LogP contribution in [-0.2, 0) is 24.5 Å². The van der Waals surface area contributed by atoms with Crippen LogP contribution in [0.25, 0.3) is 5.52 Å². The summed E-state index contributed by atoms with van der Waals surface area (Å²) in [7, 11) is 3.93. The summed E-state index contributed by atoms with van der Waals surface area (Å²) in [6.45, 7) is 4.10. The van der Waals surface area contributed by atoms with Gasteiger partial charge in [-0.15, -0.1) is 0 Å². The lowest BCUT2D eigenvalue weighted by Crippen LogP contribution is -2.57. The summed E-state index contributed by atoms with van der Waals surface area (Å²) in [4.78, 5) is 28.7. The minimum absolute atomic E-state index is 0.104. The predicted octanol–water partition coefficient (Wildman–Crippen LogP) is 0.951. The summed E-state index contributed by atoms with van der Waals surface area (Å²) in [6, 6.07) is 3.30. The SMILES string of the molecule is CN1CCN2c3cnc(NCc4c(F)ccc5c4CCO5)n4cnc(c34)C(=O)N(C)C[C@H]2C1.O=S=O. The topological polar surface area (TPSA) is 112 Å². The average Bonchev–Trinajstić information content (AvgIpc) is 3.51. The number of imidazole rings is 1. The van der Waals surface area contributed by atoms with Crippen molar-refractivity contribution in [3.05, 3.63) is 47.3 Å². The Labute approximate surface area is 210 Å². The number of piperazine rings is 1. The van der Waals surface area contributed by atoms with Crippen LogP contribution in [0, 0.1) is 5.82 Å². The van der Waals surface area contributed by atoms with E-state index in [9.17, 15) is 9.18 Å². The number of nitrogens with zero attached hydrogens (tertiary/aromatic N) is 6. The second kappa shape index (κ2) is 9.82. The summed E-state index contributed by atoms with van der Waals surface area (Å²) in [5, 5.41) is 3.27. The number of likely N-dealkylation sites (N-methyl/N-ethyl adjacent to an activating group) is 2. The zero-order valence-corrected chi connectivity index (χ0v) is 20.8. The van der Waals surface area contributed by atoms with E-state index in [-0.39, 0.29) is 24.3 Å². The molecule has 1 atom stereocenters. The summed E-state index contributed by atoms with van der Waals surface area (Å²) >= 11 is -0.750. The minimum Gasteiger partial charge on any atom is -0.493 e. The number of amides is 1. The van der Waals surface area contributed by atoms with Crippen LogP contribution in [0.1, 0.15) is 21.6 Å². The zero-order valence-electron chi connectivity index (χ0n) is 19.9. The molecular formula is C23H26FN7O4S. The first-order valence-electron chi connectivity index (χ1n) is 11.6. The third kappa shape index (κ3) is 4.17. The Morgan fingerprint density at radius 1 is 1.19 bits per heavy atom. The summed E-state index contributed by atoms with van der Waals surface area (Å²) in [6.07, 6.45) is 4.13. The second-order valence-corrected chi connectivity index (χ2v) is 9.23. The number of rotatable bonds is 3. The molecule has 3 aliphatic heterocycles. The van der Waals surface area contributed by atoms with Gasteiger partial charge >= 0.3 is 11.6 Å². The van der Waals surface area contributed by atoms with Crippen LogP contribution in [0.3, 0.4) is 0 Å². The minimum atomic E-state index is -0.750. The van der Waals surface area contributed by atoms with E-state index in [4.69, 9.17) is 13.2 Å². The maximum absolute atomic E-state index is 14.6. The molecule has 0 unspecified atom stereocenters. The van der Waals surface area contributed by atoms with Crippen molar-refractivity contribution in [2.75, 3.05) is 57.1 Å². The maximum Gasteiger partial charge on any atom is 0.335 e. The molecule has 13 heteroatoms. The van der Waals surface area contributed by atoms with Crippen LogP contribution < -0.4 is 15.0 Å². The lowest BCUT2D eigenvalue weighted by Gasteiger charge is -2.43. The first-order chi connectivity index (χ1) is 17.4. The largest absolute Gasteiger partial charge is 0.493 e. The van der Waals surface area contributed by atoms with Crippen molar-refractivity contribution in [3.63, 3.8) is 0 Å². The third-order valence-corrected chi connectivity index (χ3v) is 6.94. The van der Waals surface area contributed by atoms with Gasteiger partial charge < -0.3 is 24.8 Å². The van der Waals surface area contributed by atoms with E-state index < -0.39 is 11.6 Å². The van der Waals surface area contributed by atoms with Crippen LogP contribution in [0.15, 0.2) is 24.7 Å². The van der Waals surface area contributed by atoms with Crippen LogP contribution in [0.5, 0.6) is 5.75 Å². The molecule has 0 spiro atoms. The number of hydrogen-bond acceptors (Lipinski definition) is 9. The van der Waals surface area contributed by atoms with Crippen molar-refractivity contribution < 1.29 is 22.3 Å². The molecule has 3 aromatic rings. The van der Waals surface area contributed by atoms with Gasteiger partial charge in [0.25, 0.3) is 5.91 Å². The highest BCUT2D eigenvalue weighted by Crippen LogP contribution is 2.33. The first kappa shape index (κ1) is 24.1. The van der Waals surface area contributed by atoms with Crippen molar-refractivity contribution in [1.82, 2.24) is 24.2 Å². The van der Waals surface area contributed by atoms with Crippen molar-refractivity contribution in [3.8, 4) is 5.75 Å². The molecule has 6 rings (SSSR count). The maximum atomic E-state index is 14.6. The Kier molecular flexibility index (Phi) is 6.58. The van der Waals surface area contributed by atoms with Gasteiger partial charge in [0.2, 0.25) is 5.95 Å². The first-order valence-corrected chi connectivity index (χ1v) is 12.2. The average molecular weight is 516 g/mol. The Bertz CT molecular complexity index is 1360. The molecule has 5 heterocycles. The summed E-state index contributed by atoms with van der Waals surface area (Å²) in [5.41, 5.74) is 3.54. The fraction of sp³-hybridized carbons (Fsp3) is 0.435. The number of fused-ring (bicyclic) bond motifs is 3. The van der Waals surface area contributed by atoms with Crippen molar-refractivity contribution in [2.24, 2.45) is 0 Å². The van der Waals surface area contributed by atoms with Crippen molar-refractivity contribution in [1.29, 1.82) is 0 Å². The molecular weight excluding hydrogens is 489 g/mol.